The van der Waals surface area contributed by atoms with Crippen LogP contribution in [-0.2, 0) is 4.94 Å². The van der Waals surface area contributed by atoms with E-state index in [1.807, 2.05) is 30.6 Å². The average molecular weight is 422 g/mol. The molecule has 0 radical (unpaired) electrons. The molecule has 5 rings (SSSR count). The summed E-state index contributed by atoms with van der Waals surface area (Å²) in [5.74, 6) is 0.548. The van der Waals surface area contributed by atoms with Crippen LogP contribution in [0, 0.1) is 0 Å². The zero-order valence-corrected chi connectivity index (χ0v) is 17.3. The highest BCUT2D eigenvalue weighted by molar-refractivity contribution is 5.74. The number of hydrogen-bond donors (Lipinski definition) is 2. The Balaban J connectivity index is 1.03. The number of aromatic amines is 1. The Bertz CT molecular complexity index is 1080. The number of hydroxylamine groups is 3. The molecule has 1 saturated heterocycles. The lowest BCUT2D eigenvalue weighted by Gasteiger charge is -2.38. The molecule has 0 spiro atoms. The minimum Gasteiger partial charge on any atom is -0.478 e. The fourth-order valence-electron chi connectivity index (χ4n) is 4.03. The van der Waals surface area contributed by atoms with Gasteiger partial charge in [0.1, 0.15) is 11.3 Å². The van der Waals surface area contributed by atoms with Crippen LogP contribution in [0.15, 0.2) is 65.0 Å². The largest absolute Gasteiger partial charge is 0.478 e. The number of H-pyrrole nitrogens is 1. The molecule has 2 aromatic rings. The van der Waals surface area contributed by atoms with Gasteiger partial charge in [-0.05, 0) is 43.7 Å². The standard InChI is InChI=1S/C22H26N6O3/c29-20-7-5-17-6-8-21(25-22(17)24-20)30-15-2-1-9-26-11-13-27(14-12-26)18-4-3-10-28-19(18)16-23-31-28/h3-8,10,16,23H,1-2,9,11-15H2,(H,24,25,29). The van der Waals surface area contributed by atoms with Gasteiger partial charge in [0.25, 0.3) is 0 Å². The SMILES string of the molecule is O=c1ccc2ccc(OCCCCN3CCN(C4=CC=CN5ONC=C45)CC3)nc2[nH]1. The second-order valence-electron chi connectivity index (χ2n) is 7.75. The molecule has 5 heterocycles. The highest BCUT2D eigenvalue weighted by atomic mass is 16.8. The van der Waals surface area contributed by atoms with Crippen molar-refractivity contribution in [2.75, 3.05) is 39.3 Å². The number of unbranched alkanes of at least 4 members (excludes halogenated alkanes) is 1. The number of nitrogens with zero attached hydrogens (tertiary/aromatic N) is 4. The lowest BCUT2D eigenvalue weighted by atomic mass is 10.2. The first-order chi connectivity index (χ1) is 15.3. The Morgan fingerprint density at radius 1 is 1.06 bits per heavy atom. The maximum atomic E-state index is 11.4. The van der Waals surface area contributed by atoms with Gasteiger partial charge in [-0.2, -0.15) is 9.92 Å². The number of nitrogens with one attached hydrogen (secondary N) is 2. The molecule has 31 heavy (non-hydrogen) atoms. The van der Waals surface area contributed by atoms with Crippen LogP contribution in [0.5, 0.6) is 5.88 Å². The molecule has 0 atom stereocenters. The molecular formula is C22H26N6O3. The lowest BCUT2D eigenvalue weighted by molar-refractivity contribution is -0.115. The topological polar surface area (TPSA) is 86.0 Å². The maximum Gasteiger partial charge on any atom is 0.249 e. The van der Waals surface area contributed by atoms with Crippen LogP contribution in [0.25, 0.3) is 11.0 Å². The Morgan fingerprint density at radius 2 is 1.94 bits per heavy atom. The van der Waals surface area contributed by atoms with E-state index in [0.29, 0.717) is 18.1 Å². The van der Waals surface area contributed by atoms with Crippen molar-refractivity contribution in [3.05, 3.63) is 70.6 Å². The van der Waals surface area contributed by atoms with Crippen molar-refractivity contribution >= 4 is 11.0 Å². The molecule has 0 bridgehead atoms. The molecule has 1 fully saturated rings. The predicted octanol–water partition coefficient (Wildman–Crippen LogP) is 1.70. The summed E-state index contributed by atoms with van der Waals surface area (Å²) in [4.78, 5) is 28.8. The van der Waals surface area contributed by atoms with E-state index in [2.05, 4.69) is 31.3 Å². The normalized spacial score (nSPS) is 18.6. The molecule has 9 nitrogen and oxygen atoms in total. The number of rotatable bonds is 7. The molecule has 9 heteroatoms. The molecule has 3 aliphatic rings. The Kier molecular flexibility index (Phi) is 5.59. The lowest BCUT2D eigenvalue weighted by Crippen LogP contribution is -2.46. The van der Waals surface area contributed by atoms with Crippen LogP contribution in [0.2, 0.25) is 0 Å². The highest BCUT2D eigenvalue weighted by Gasteiger charge is 2.27. The summed E-state index contributed by atoms with van der Waals surface area (Å²) in [6, 6.07) is 7.02. The smallest absolute Gasteiger partial charge is 0.249 e. The number of aromatic nitrogens is 2. The average Bonchev–Trinajstić information content (AvgIpc) is 3.28. The van der Waals surface area contributed by atoms with Crippen molar-refractivity contribution in [3.8, 4) is 5.88 Å². The first kappa shape index (κ1) is 19.7. The minimum absolute atomic E-state index is 0.157. The van der Waals surface area contributed by atoms with E-state index in [0.717, 1.165) is 56.6 Å². The van der Waals surface area contributed by atoms with Gasteiger partial charge in [0.15, 0.2) is 0 Å². The number of piperazine rings is 1. The van der Waals surface area contributed by atoms with Gasteiger partial charge in [-0.1, -0.05) is 0 Å². The third-order valence-corrected chi connectivity index (χ3v) is 5.71. The van der Waals surface area contributed by atoms with Gasteiger partial charge in [0.2, 0.25) is 11.4 Å². The summed E-state index contributed by atoms with van der Waals surface area (Å²) in [5.41, 5.74) is 5.47. The molecule has 3 aliphatic heterocycles. The third kappa shape index (κ3) is 4.42. The van der Waals surface area contributed by atoms with Crippen LogP contribution < -0.4 is 15.8 Å². The third-order valence-electron chi connectivity index (χ3n) is 5.71. The molecule has 0 aliphatic carbocycles. The molecule has 0 amide bonds. The maximum absolute atomic E-state index is 11.4. The quantitative estimate of drug-likeness (QED) is 0.653. The molecule has 0 unspecified atom stereocenters. The Labute approximate surface area is 180 Å². The van der Waals surface area contributed by atoms with Crippen molar-refractivity contribution in [1.29, 1.82) is 0 Å². The number of pyridine rings is 2. The summed E-state index contributed by atoms with van der Waals surface area (Å²) >= 11 is 0. The molecule has 162 valence electrons. The van der Waals surface area contributed by atoms with Gasteiger partial charge in [-0.15, -0.1) is 0 Å². The fraction of sp³-hybridized carbons (Fsp3) is 0.364. The molecule has 0 saturated carbocycles. The van der Waals surface area contributed by atoms with E-state index in [1.54, 1.807) is 11.1 Å². The molecular weight excluding hydrogens is 396 g/mol. The van der Waals surface area contributed by atoms with Crippen LogP contribution in [0.4, 0.5) is 0 Å². The summed E-state index contributed by atoms with van der Waals surface area (Å²) in [7, 11) is 0. The van der Waals surface area contributed by atoms with Crippen molar-refractivity contribution in [2.45, 2.75) is 12.8 Å². The van der Waals surface area contributed by atoms with E-state index in [1.165, 1.54) is 11.8 Å². The highest BCUT2D eigenvalue weighted by Crippen LogP contribution is 2.27. The van der Waals surface area contributed by atoms with E-state index in [9.17, 15) is 4.79 Å². The summed E-state index contributed by atoms with van der Waals surface area (Å²) in [5, 5.41) is 2.65. The molecule has 2 N–H and O–H groups in total. The Hall–Kier alpha value is -3.30. The van der Waals surface area contributed by atoms with Gasteiger partial charge in [0.05, 0.1) is 18.5 Å². The molecule has 2 aromatic heterocycles. The van der Waals surface area contributed by atoms with Crippen molar-refractivity contribution in [3.63, 3.8) is 0 Å². The number of allylic oxidation sites excluding steroid dienone is 2. The molecule has 0 aromatic carbocycles. The summed E-state index contributed by atoms with van der Waals surface area (Å²) in [6.07, 6.45) is 9.99. The van der Waals surface area contributed by atoms with E-state index < -0.39 is 0 Å². The second-order valence-corrected chi connectivity index (χ2v) is 7.75. The van der Waals surface area contributed by atoms with Gasteiger partial charge < -0.3 is 14.6 Å². The number of fused-ring (bicyclic) bond motifs is 2. The van der Waals surface area contributed by atoms with Gasteiger partial charge in [0, 0.05) is 49.9 Å². The number of hydrogen-bond acceptors (Lipinski definition) is 8. The van der Waals surface area contributed by atoms with Crippen molar-refractivity contribution in [1.82, 2.24) is 30.3 Å². The summed E-state index contributed by atoms with van der Waals surface area (Å²) in [6.45, 7) is 5.77. The van der Waals surface area contributed by atoms with Crippen LogP contribution in [-0.4, -0.2) is 64.2 Å². The van der Waals surface area contributed by atoms with Gasteiger partial charge in [-0.3, -0.25) is 9.69 Å². The van der Waals surface area contributed by atoms with Crippen molar-refractivity contribution < 1.29 is 9.68 Å². The number of ether oxygens (including phenoxy) is 1. The van der Waals surface area contributed by atoms with Gasteiger partial charge >= 0.3 is 0 Å². The van der Waals surface area contributed by atoms with Crippen LogP contribution >= 0.6 is 0 Å². The van der Waals surface area contributed by atoms with Crippen molar-refractivity contribution in [2.24, 2.45) is 0 Å². The summed E-state index contributed by atoms with van der Waals surface area (Å²) < 4.78 is 5.78. The monoisotopic (exact) mass is 422 g/mol. The van der Waals surface area contributed by atoms with E-state index in [-0.39, 0.29) is 5.56 Å². The first-order valence-corrected chi connectivity index (χ1v) is 10.7. The van der Waals surface area contributed by atoms with E-state index in [4.69, 9.17) is 9.68 Å². The van der Waals surface area contributed by atoms with Crippen LogP contribution in [0.1, 0.15) is 12.8 Å². The van der Waals surface area contributed by atoms with E-state index >= 15 is 0 Å². The first-order valence-electron chi connectivity index (χ1n) is 10.7. The zero-order chi connectivity index (χ0) is 21.0. The zero-order valence-electron chi connectivity index (χ0n) is 17.3. The second kappa shape index (κ2) is 8.83. The van der Waals surface area contributed by atoms with Crippen LogP contribution in [0.3, 0.4) is 0 Å². The predicted molar refractivity (Wildman–Crippen MR) is 116 cm³/mol. The van der Waals surface area contributed by atoms with Gasteiger partial charge in [-0.25, -0.2) is 10.5 Å². The fourth-order valence-corrected chi connectivity index (χ4v) is 4.03. The Morgan fingerprint density at radius 3 is 2.84 bits per heavy atom. The minimum atomic E-state index is -0.157.